The van der Waals surface area contributed by atoms with Crippen molar-refractivity contribution in [3.05, 3.63) is 63.0 Å². The van der Waals surface area contributed by atoms with E-state index in [4.69, 9.17) is 32.7 Å². The fourth-order valence-corrected chi connectivity index (χ4v) is 3.73. The van der Waals surface area contributed by atoms with E-state index in [9.17, 15) is 5.26 Å². The largest absolute Gasteiger partial charge is 0.493 e. The third-order valence-electron chi connectivity index (χ3n) is 3.83. The average molecular weight is 432 g/mol. The summed E-state index contributed by atoms with van der Waals surface area (Å²) < 4.78 is 10.5. The Morgan fingerprint density at radius 1 is 1.14 bits per heavy atom. The van der Waals surface area contributed by atoms with Crippen LogP contribution in [0, 0.1) is 11.3 Å². The van der Waals surface area contributed by atoms with Crippen LogP contribution in [0.1, 0.15) is 5.01 Å². The van der Waals surface area contributed by atoms with Gasteiger partial charge in [-0.15, -0.1) is 11.3 Å². The topological polar surface area (TPSA) is 67.2 Å². The van der Waals surface area contributed by atoms with E-state index in [1.165, 1.54) is 11.3 Å². The highest BCUT2D eigenvalue weighted by atomic mass is 35.5. The summed E-state index contributed by atoms with van der Waals surface area (Å²) in [4.78, 5) is 4.53. The maximum absolute atomic E-state index is 9.53. The molecule has 0 saturated carbocycles. The molecule has 0 aliphatic heterocycles. The Morgan fingerprint density at radius 2 is 1.93 bits per heavy atom. The molecule has 28 heavy (non-hydrogen) atoms. The first kappa shape index (κ1) is 20.0. The Morgan fingerprint density at radius 3 is 2.61 bits per heavy atom. The summed E-state index contributed by atoms with van der Waals surface area (Å²) in [5, 5.41) is 16.1. The summed E-state index contributed by atoms with van der Waals surface area (Å²) in [7, 11) is 3.14. The number of aromatic nitrogens is 1. The van der Waals surface area contributed by atoms with Crippen LogP contribution in [-0.2, 0) is 0 Å². The lowest BCUT2D eigenvalue weighted by molar-refractivity contribution is 0.355. The zero-order valence-electron chi connectivity index (χ0n) is 15.0. The number of thiazole rings is 1. The molecule has 0 atom stereocenters. The minimum atomic E-state index is 0.399. The van der Waals surface area contributed by atoms with Gasteiger partial charge in [-0.2, -0.15) is 5.26 Å². The number of nitrogens with one attached hydrogen (secondary N) is 1. The van der Waals surface area contributed by atoms with Crippen molar-refractivity contribution in [1.29, 1.82) is 5.26 Å². The highest BCUT2D eigenvalue weighted by Gasteiger charge is 2.12. The molecule has 5 nitrogen and oxygen atoms in total. The number of halogens is 2. The third-order valence-corrected chi connectivity index (χ3v) is 5.25. The molecule has 0 saturated heterocycles. The first-order valence-electron chi connectivity index (χ1n) is 8.06. The molecule has 0 amide bonds. The van der Waals surface area contributed by atoms with Crippen molar-refractivity contribution in [2.75, 3.05) is 19.5 Å². The van der Waals surface area contributed by atoms with Gasteiger partial charge in [0.15, 0.2) is 11.5 Å². The van der Waals surface area contributed by atoms with E-state index in [0.29, 0.717) is 37.8 Å². The van der Waals surface area contributed by atoms with Gasteiger partial charge in [0.1, 0.15) is 16.6 Å². The van der Waals surface area contributed by atoms with Gasteiger partial charge in [0, 0.05) is 33.9 Å². The molecule has 1 N–H and O–H groups in total. The molecule has 2 aromatic carbocycles. The summed E-state index contributed by atoms with van der Waals surface area (Å²) in [6, 6.07) is 12.8. The van der Waals surface area contributed by atoms with Gasteiger partial charge in [0.2, 0.25) is 0 Å². The van der Waals surface area contributed by atoms with Crippen molar-refractivity contribution in [3.63, 3.8) is 0 Å². The molecule has 8 heteroatoms. The maximum Gasteiger partial charge on any atom is 0.162 e. The number of hydrogen-bond donors (Lipinski definition) is 1. The summed E-state index contributed by atoms with van der Waals surface area (Å²) in [5.41, 5.74) is 2.60. The third kappa shape index (κ3) is 4.39. The van der Waals surface area contributed by atoms with Gasteiger partial charge in [0.05, 0.1) is 24.9 Å². The van der Waals surface area contributed by atoms with Crippen LogP contribution in [0.25, 0.3) is 16.8 Å². The minimum absolute atomic E-state index is 0.399. The van der Waals surface area contributed by atoms with Gasteiger partial charge >= 0.3 is 0 Å². The van der Waals surface area contributed by atoms with Crippen molar-refractivity contribution in [3.8, 4) is 28.8 Å². The molecule has 0 aliphatic rings. The molecule has 0 radical (unpaired) electrons. The molecule has 3 aromatic rings. The molecule has 0 unspecified atom stereocenters. The standard InChI is InChI=1S/C20H15Cl2N3O2S/c1-26-18-6-4-14(8-19(18)27-2)24-10-12(9-23)20-25-17(11-28-20)15-5-3-13(21)7-16(15)22/h3-8,10-11,24H,1-2H3. The molecular formula is C20H15Cl2N3O2S. The van der Waals surface area contributed by atoms with Gasteiger partial charge in [-0.1, -0.05) is 23.2 Å². The number of nitrogens with zero attached hydrogens (tertiary/aromatic N) is 2. The number of nitriles is 1. The highest BCUT2D eigenvalue weighted by molar-refractivity contribution is 7.11. The van der Waals surface area contributed by atoms with Crippen molar-refractivity contribution in [2.45, 2.75) is 0 Å². The van der Waals surface area contributed by atoms with Gasteiger partial charge in [-0.05, 0) is 30.3 Å². The monoisotopic (exact) mass is 431 g/mol. The number of hydrogen-bond acceptors (Lipinski definition) is 6. The summed E-state index contributed by atoms with van der Waals surface area (Å²) in [6.07, 6.45) is 1.60. The van der Waals surface area contributed by atoms with E-state index in [0.717, 1.165) is 11.3 Å². The second-order valence-corrected chi connectivity index (χ2v) is 7.25. The molecular weight excluding hydrogens is 417 g/mol. The molecule has 3 rings (SSSR count). The summed E-state index contributed by atoms with van der Waals surface area (Å²) in [5.74, 6) is 1.22. The maximum atomic E-state index is 9.53. The van der Waals surface area contributed by atoms with E-state index >= 15 is 0 Å². The molecule has 1 heterocycles. The average Bonchev–Trinajstić information content (AvgIpc) is 3.17. The normalized spacial score (nSPS) is 11.0. The van der Waals surface area contributed by atoms with E-state index in [2.05, 4.69) is 16.4 Å². The molecule has 0 spiro atoms. The van der Waals surface area contributed by atoms with Crippen molar-refractivity contribution in [1.82, 2.24) is 4.98 Å². The van der Waals surface area contributed by atoms with Gasteiger partial charge in [-0.3, -0.25) is 0 Å². The quantitative estimate of drug-likeness (QED) is 0.476. The Bertz CT molecular complexity index is 1070. The van der Waals surface area contributed by atoms with Gasteiger partial charge < -0.3 is 14.8 Å². The summed E-state index contributed by atoms with van der Waals surface area (Å²) in [6.45, 7) is 0. The van der Waals surface area contributed by atoms with Crippen LogP contribution in [0.3, 0.4) is 0 Å². The predicted octanol–water partition coefficient (Wildman–Crippen LogP) is 6.11. The minimum Gasteiger partial charge on any atom is -0.493 e. The number of benzene rings is 2. The van der Waals surface area contributed by atoms with Crippen LogP contribution in [0.15, 0.2) is 48.0 Å². The molecule has 0 bridgehead atoms. The molecule has 1 aromatic heterocycles. The fraction of sp³-hybridized carbons (Fsp3) is 0.100. The van der Waals surface area contributed by atoms with Crippen LogP contribution in [-0.4, -0.2) is 19.2 Å². The number of rotatable bonds is 6. The van der Waals surface area contributed by atoms with Crippen LogP contribution in [0.5, 0.6) is 11.5 Å². The van der Waals surface area contributed by atoms with Crippen LogP contribution < -0.4 is 14.8 Å². The fourth-order valence-electron chi connectivity index (χ4n) is 2.44. The van der Waals surface area contributed by atoms with Gasteiger partial charge in [-0.25, -0.2) is 4.98 Å². The second kappa shape index (κ2) is 8.98. The molecule has 0 aliphatic carbocycles. The van der Waals surface area contributed by atoms with E-state index in [-0.39, 0.29) is 0 Å². The van der Waals surface area contributed by atoms with Gasteiger partial charge in [0.25, 0.3) is 0 Å². The first-order chi connectivity index (χ1) is 13.5. The predicted molar refractivity (Wildman–Crippen MR) is 114 cm³/mol. The Balaban J connectivity index is 1.84. The number of allylic oxidation sites excluding steroid dienone is 1. The van der Waals surface area contributed by atoms with E-state index in [1.807, 2.05) is 11.4 Å². The smallest absolute Gasteiger partial charge is 0.162 e. The second-order valence-electron chi connectivity index (χ2n) is 5.55. The number of methoxy groups -OCH3 is 2. The van der Waals surface area contributed by atoms with E-state index < -0.39 is 0 Å². The van der Waals surface area contributed by atoms with Crippen molar-refractivity contribution in [2.24, 2.45) is 0 Å². The lowest BCUT2D eigenvalue weighted by Gasteiger charge is -2.09. The lowest BCUT2D eigenvalue weighted by atomic mass is 10.2. The van der Waals surface area contributed by atoms with Crippen molar-refractivity contribution < 1.29 is 9.47 Å². The first-order valence-corrected chi connectivity index (χ1v) is 9.69. The zero-order chi connectivity index (χ0) is 20.1. The Hall–Kier alpha value is -2.72. The lowest BCUT2D eigenvalue weighted by Crippen LogP contribution is -1.94. The van der Waals surface area contributed by atoms with Crippen molar-refractivity contribution >= 4 is 45.8 Å². The van der Waals surface area contributed by atoms with Crippen LogP contribution in [0.4, 0.5) is 5.69 Å². The Labute approximate surface area is 176 Å². The SMILES string of the molecule is COc1ccc(NC=C(C#N)c2nc(-c3ccc(Cl)cc3Cl)cs2)cc1OC. The molecule has 142 valence electrons. The van der Waals surface area contributed by atoms with E-state index in [1.54, 1.807) is 50.8 Å². The summed E-state index contributed by atoms with van der Waals surface area (Å²) >= 11 is 13.6. The van der Waals surface area contributed by atoms with Crippen LogP contribution >= 0.6 is 34.5 Å². The number of anilines is 1. The zero-order valence-corrected chi connectivity index (χ0v) is 17.3. The number of ether oxygens (including phenoxy) is 2. The van der Waals surface area contributed by atoms with Crippen LogP contribution in [0.2, 0.25) is 10.0 Å². The highest BCUT2D eigenvalue weighted by Crippen LogP contribution is 2.33. The molecule has 0 fully saturated rings. The Kier molecular flexibility index (Phi) is 6.42.